The number of hydrogen-bond acceptors (Lipinski definition) is 2. The predicted molar refractivity (Wildman–Crippen MR) is 76.4 cm³/mol. The summed E-state index contributed by atoms with van der Waals surface area (Å²) in [7, 11) is 2.07. The molecule has 2 nitrogen and oxygen atoms in total. The van der Waals surface area contributed by atoms with Gasteiger partial charge in [-0.05, 0) is 57.8 Å². The van der Waals surface area contributed by atoms with Crippen molar-refractivity contribution in [3.05, 3.63) is 0 Å². The molecule has 17 heavy (non-hydrogen) atoms. The fraction of sp³-hybridized carbons (Fsp3) is 1.00. The molecule has 0 aromatic heterocycles. The van der Waals surface area contributed by atoms with Crippen LogP contribution in [0.3, 0.4) is 0 Å². The molecule has 1 N–H and O–H groups in total. The largest absolute Gasteiger partial charge is 0.319 e. The van der Waals surface area contributed by atoms with Crippen LogP contribution in [0.25, 0.3) is 0 Å². The number of rotatable bonds is 8. The highest BCUT2D eigenvalue weighted by molar-refractivity contribution is 4.75. The van der Waals surface area contributed by atoms with Crippen LogP contribution in [-0.4, -0.2) is 38.1 Å². The lowest BCUT2D eigenvalue weighted by atomic mass is 9.94. The van der Waals surface area contributed by atoms with Gasteiger partial charge in [0.25, 0.3) is 0 Å². The van der Waals surface area contributed by atoms with E-state index in [4.69, 9.17) is 0 Å². The van der Waals surface area contributed by atoms with Crippen LogP contribution in [-0.2, 0) is 0 Å². The van der Waals surface area contributed by atoms with E-state index in [-0.39, 0.29) is 0 Å². The minimum absolute atomic E-state index is 0.923. The third kappa shape index (κ3) is 5.87. The molecule has 0 spiro atoms. The molecule has 0 amide bonds. The second-order valence-corrected chi connectivity index (χ2v) is 5.72. The molecule has 0 radical (unpaired) electrons. The van der Waals surface area contributed by atoms with Gasteiger partial charge in [0, 0.05) is 6.54 Å². The van der Waals surface area contributed by atoms with E-state index >= 15 is 0 Å². The van der Waals surface area contributed by atoms with Gasteiger partial charge in [0.05, 0.1) is 0 Å². The molecule has 1 atom stereocenters. The number of nitrogens with one attached hydrogen (secondary N) is 1. The van der Waals surface area contributed by atoms with E-state index in [9.17, 15) is 0 Å². The van der Waals surface area contributed by atoms with Crippen LogP contribution in [0.2, 0.25) is 0 Å². The Morgan fingerprint density at radius 3 is 2.47 bits per heavy atom. The summed E-state index contributed by atoms with van der Waals surface area (Å²) in [6.07, 6.45) is 8.34. The minimum atomic E-state index is 0.923. The molecule has 0 aromatic rings. The maximum atomic E-state index is 3.31. The van der Waals surface area contributed by atoms with Crippen molar-refractivity contribution in [1.82, 2.24) is 10.2 Å². The molecule has 0 bridgehead atoms. The van der Waals surface area contributed by atoms with Crippen LogP contribution in [0.1, 0.15) is 52.4 Å². The Labute approximate surface area is 108 Å². The number of hydrogen-bond donors (Lipinski definition) is 1. The van der Waals surface area contributed by atoms with E-state index in [1.165, 1.54) is 64.7 Å². The second kappa shape index (κ2) is 8.93. The molecule has 1 heterocycles. The summed E-state index contributed by atoms with van der Waals surface area (Å²) < 4.78 is 0. The summed E-state index contributed by atoms with van der Waals surface area (Å²) in [4.78, 5) is 2.70. The Morgan fingerprint density at radius 2 is 1.94 bits per heavy atom. The summed E-state index contributed by atoms with van der Waals surface area (Å²) in [6.45, 7) is 9.87. The molecule has 102 valence electrons. The maximum Gasteiger partial charge on any atom is 0.000956 e. The monoisotopic (exact) mass is 240 g/mol. The highest BCUT2D eigenvalue weighted by Crippen LogP contribution is 2.20. The van der Waals surface area contributed by atoms with Gasteiger partial charge in [0.15, 0.2) is 0 Å². The summed E-state index contributed by atoms with van der Waals surface area (Å²) in [5.74, 6) is 1.86. The molecule has 2 heteroatoms. The molecule has 0 aromatic carbocycles. The van der Waals surface area contributed by atoms with E-state index in [0.29, 0.717) is 0 Å². The van der Waals surface area contributed by atoms with Gasteiger partial charge in [-0.15, -0.1) is 0 Å². The first-order chi connectivity index (χ1) is 8.30. The van der Waals surface area contributed by atoms with Gasteiger partial charge >= 0.3 is 0 Å². The fourth-order valence-corrected chi connectivity index (χ4v) is 2.94. The number of unbranched alkanes of at least 4 members (excludes halogenated alkanes) is 1. The van der Waals surface area contributed by atoms with Gasteiger partial charge in [-0.3, -0.25) is 0 Å². The van der Waals surface area contributed by atoms with Crippen molar-refractivity contribution in [2.45, 2.75) is 52.4 Å². The maximum absolute atomic E-state index is 3.31. The molecular formula is C15H32N2. The average Bonchev–Trinajstić information content (AvgIpc) is 2.37. The summed E-state index contributed by atoms with van der Waals surface area (Å²) >= 11 is 0. The highest BCUT2D eigenvalue weighted by Gasteiger charge is 2.20. The number of likely N-dealkylation sites (tertiary alicyclic amines) is 1. The van der Waals surface area contributed by atoms with Crippen molar-refractivity contribution in [3.63, 3.8) is 0 Å². The molecule has 1 unspecified atom stereocenters. The third-order valence-electron chi connectivity index (χ3n) is 4.26. The van der Waals surface area contributed by atoms with Gasteiger partial charge in [-0.1, -0.05) is 33.1 Å². The first-order valence-electron chi connectivity index (χ1n) is 7.67. The lowest BCUT2D eigenvalue weighted by Crippen LogP contribution is -2.39. The van der Waals surface area contributed by atoms with E-state index in [0.717, 1.165) is 11.8 Å². The van der Waals surface area contributed by atoms with Gasteiger partial charge in [-0.2, -0.15) is 0 Å². The molecule has 1 aliphatic heterocycles. The molecule has 1 fully saturated rings. The van der Waals surface area contributed by atoms with E-state index in [1.807, 2.05) is 0 Å². The van der Waals surface area contributed by atoms with E-state index in [1.54, 1.807) is 0 Å². The zero-order valence-electron chi connectivity index (χ0n) is 12.2. The SMILES string of the molecule is CCCCC(CC)CN1CCC(CNC)CC1. The highest BCUT2D eigenvalue weighted by atomic mass is 15.1. The van der Waals surface area contributed by atoms with Crippen molar-refractivity contribution in [1.29, 1.82) is 0 Å². The van der Waals surface area contributed by atoms with Gasteiger partial charge in [0.1, 0.15) is 0 Å². The summed E-state index contributed by atoms with van der Waals surface area (Å²) in [5, 5.41) is 3.31. The third-order valence-corrected chi connectivity index (χ3v) is 4.26. The van der Waals surface area contributed by atoms with Gasteiger partial charge < -0.3 is 10.2 Å². The van der Waals surface area contributed by atoms with Crippen molar-refractivity contribution in [3.8, 4) is 0 Å². The lowest BCUT2D eigenvalue weighted by molar-refractivity contribution is 0.154. The fourth-order valence-electron chi connectivity index (χ4n) is 2.94. The van der Waals surface area contributed by atoms with Crippen molar-refractivity contribution in [2.24, 2.45) is 11.8 Å². The topological polar surface area (TPSA) is 15.3 Å². The van der Waals surface area contributed by atoms with Crippen LogP contribution >= 0.6 is 0 Å². The molecule has 0 saturated carbocycles. The van der Waals surface area contributed by atoms with Crippen molar-refractivity contribution < 1.29 is 0 Å². The van der Waals surface area contributed by atoms with Crippen LogP contribution in [0, 0.1) is 11.8 Å². The molecule has 1 saturated heterocycles. The first kappa shape index (κ1) is 15.0. The Hall–Kier alpha value is -0.0800. The first-order valence-corrected chi connectivity index (χ1v) is 7.67. The minimum Gasteiger partial charge on any atom is -0.319 e. The molecular weight excluding hydrogens is 208 g/mol. The quantitative estimate of drug-likeness (QED) is 0.701. The lowest BCUT2D eigenvalue weighted by Gasteiger charge is -2.34. The van der Waals surface area contributed by atoms with Gasteiger partial charge in [0.2, 0.25) is 0 Å². The van der Waals surface area contributed by atoms with Gasteiger partial charge in [-0.25, -0.2) is 0 Å². The molecule has 0 aliphatic carbocycles. The van der Waals surface area contributed by atoms with E-state index in [2.05, 4.69) is 31.1 Å². The zero-order chi connectivity index (χ0) is 12.5. The van der Waals surface area contributed by atoms with Crippen LogP contribution in [0.4, 0.5) is 0 Å². The van der Waals surface area contributed by atoms with Crippen molar-refractivity contribution in [2.75, 3.05) is 33.2 Å². The standard InChI is InChI=1S/C15H32N2/c1-4-6-7-14(5-2)13-17-10-8-15(9-11-17)12-16-3/h14-16H,4-13H2,1-3H3. The van der Waals surface area contributed by atoms with Crippen LogP contribution in [0.15, 0.2) is 0 Å². The van der Waals surface area contributed by atoms with Crippen LogP contribution < -0.4 is 5.32 Å². The van der Waals surface area contributed by atoms with E-state index < -0.39 is 0 Å². The number of piperidine rings is 1. The Balaban J connectivity index is 2.19. The molecule has 1 aliphatic rings. The molecule has 1 rings (SSSR count). The summed E-state index contributed by atoms with van der Waals surface area (Å²) in [5.41, 5.74) is 0. The zero-order valence-corrected chi connectivity index (χ0v) is 12.2. The smallest absolute Gasteiger partial charge is 0.000956 e. The predicted octanol–water partition coefficient (Wildman–Crippen LogP) is 3.13. The van der Waals surface area contributed by atoms with Crippen molar-refractivity contribution >= 4 is 0 Å². The Bertz CT molecular complexity index is 174. The Morgan fingerprint density at radius 1 is 1.24 bits per heavy atom. The Kier molecular flexibility index (Phi) is 7.87. The summed E-state index contributed by atoms with van der Waals surface area (Å²) in [6, 6.07) is 0. The second-order valence-electron chi connectivity index (χ2n) is 5.72. The average molecular weight is 240 g/mol. The van der Waals surface area contributed by atoms with Crippen LogP contribution in [0.5, 0.6) is 0 Å². The number of nitrogens with zero attached hydrogens (tertiary/aromatic N) is 1. The normalized spacial score (nSPS) is 20.6.